The molecule has 2 aromatic heterocycles. The summed E-state index contributed by atoms with van der Waals surface area (Å²) in [5.74, 6) is 0.548. The van der Waals surface area contributed by atoms with Gasteiger partial charge in [0.05, 0.1) is 36.6 Å². The number of thiazole rings is 1. The summed E-state index contributed by atoms with van der Waals surface area (Å²) < 4.78 is 21.6. The van der Waals surface area contributed by atoms with Gasteiger partial charge in [0.2, 0.25) is 0 Å². The van der Waals surface area contributed by atoms with E-state index in [1.54, 1.807) is 37.8 Å². The molecule has 0 amide bonds. The van der Waals surface area contributed by atoms with E-state index in [0.717, 1.165) is 16.8 Å². The third kappa shape index (κ3) is 5.65. The van der Waals surface area contributed by atoms with E-state index in [0.29, 0.717) is 38.1 Å². The molecule has 4 aromatic rings. The van der Waals surface area contributed by atoms with Crippen LogP contribution in [-0.4, -0.2) is 35.9 Å². The fourth-order valence-corrected chi connectivity index (χ4v) is 7.77. The smallest absolute Gasteiger partial charge is 0.338 e. The second-order valence-corrected chi connectivity index (χ2v) is 12.5. The van der Waals surface area contributed by atoms with Crippen LogP contribution in [0.15, 0.2) is 70.0 Å². The Labute approximate surface area is 266 Å². The van der Waals surface area contributed by atoms with E-state index in [4.69, 9.17) is 19.2 Å². The fourth-order valence-electron chi connectivity index (χ4n) is 6.78. The number of nitrogens with zero attached hydrogens (tertiary/aromatic N) is 3. The van der Waals surface area contributed by atoms with Gasteiger partial charge < -0.3 is 18.8 Å². The minimum absolute atomic E-state index is 0.174. The number of hydrogen-bond donors (Lipinski definition) is 0. The normalized spacial score (nSPS) is 17.2. The average Bonchev–Trinajstić information content (AvgIpc) is 3.53. The first kappa shape index (κ1) is 30.6. The van der Waals surface area contributed by atoms with E-state index in [9.17, 15) is 9.59 Å². The predicted molar refractivity (Wildman–Crippen MR) is 177 cm³/mol. The highest BCUT2D eigenvalue weighted by Gasteiger charge is 2.37. The highest BCUT2D eigenvalue weighted by Crippen LogP contribution is 2.40. The number of methoxy groups -OCH3 is 2. The Bertz CT molecular complexity index is 1940. The Kier molecular flexibility index (Phi) is 8.81. The Hall–Kier alpha value is -4.37. The highest BCUT2D eigenvalue weighted by atomic mass is 32.1. The van der Waals surface area contributed by atoms with Gasteiger partial charge >= 0.3 is 5.97 Å². The lowest BCUT2D eigenvalue weighted by Crippen LogP contribution is -2.40. The third-order valence-electron chi connectivity index (χ3n) is 8.86. The Balaban J connectivity index is 1.62. The van der Waals surface area contributed by atoms with Crippen molar-refractivity contribution in [2.24, 2.45) is 4.99 Å². The summed E-state index contributed by atoms with van der Waals surface area (Å²) in [6.45, 7) is 6.22. The van der Waals surface area contributed by atoms with Gasteiger partial charge in [-0.05, 0) is 69.5 Å². The molecular weight excluding hydrogens is 586 g/mol. The molecule has 0 saturated heterocycles. The largest absolute Gasteiger partial charge is 0.497 e. The van der Waals surface area contributed by atoms with E-state index < -0.39 is 12.0 Å². The van der Waals surface area contributed by atoms with E-state index in [2.05, 4.69) is 24.5 Å². The molecule has 1 fully saturated rings. The van der Waals surface area contributed by atoms with Crippen molar-refractivity contribution < 1.29 is 19.0 Å². The van der Waals surface area contributed by atoms with Crippen molar-refractivity contribution in [2.75, 3.05) is 20.8 Å². The molecule has 9 heteroatoms. The molecule has 6 rings (SSSR count). The van der Waals surface area contributed by atoms with Crippen LogP contribution in [0.5, 0.6) is 11.5 Å². The van der Waals surface area contributed by atoms with E-state index in [-0.39, 0.29) is 17.7 Å². The fraction of sp³-hybridized carbons (Fsp3) is 0.361. The number of esters is 1. The Morgan fingerprint density at radius 1 is 1.00 bits per heavy atom. The lowest BCUT2D eigenvalue weighted by molar-refractivity contribution is -0.138. The molecule has 1 atom stereocenters. The molecule has 3 heterocycles. The standard InChI is InChI=1S/C36H39N3O5S/c1-6-44-35(41)31-32(24-13-9-7-10-14-24)37-36-39(33(31)28-21-27(42-4)17-18-29(28)43-5)34(40)30(45-36)20-25-19-22(2)38(23(25)3)26-15-11-8-12-16-26/h7,9-10,13-14,17-21,26,33H,6,8,11-12,15-16H2,1-5H3/b30-20-/t33-/m0/s1. The summed E-state index contributed by atoms with van der Waals surface area (Å²) in [5.41, 5.74) is 5.24. The van der Waals surface area contributed by atoms with Gasteiger partial charge in [0.1, 0.15) is 17.5 Å². The zero-order valence-corrected chi connectivity index (χ0v) is 27.3. The topological polar surface area (TPSA) is 84.1 Å². The van der Waals surface area contributed by atoms with Crippen LogP contribution >= 0.6 is 11.3 Å². The highest BCUT2D eigenvalue weighted by molar-refractivity contribution is 7.07. The SMILES string of the molecule is CCOC(=O)C1=C(c2ccccc2)N=c2s/c(=C\c3cc(C)n(C4CCCCC4)c3C)c(=O)n2[C@H]1c1cc(OC)ccc1OC. The number of ether oxygens (including phenoxy) is 3. The van der Waals surface area contributed by atoms with Gasteiger partial charge in [-0.25, -0.2) is 9.79 Å². The summed E-state index contributed by atoms with van der Waals surface area (Å²) in [6.07, 6.45) is 8.12. The van der Waals surface area contributed by atoms with E-state index in [1.165, 1.54) is 49.1 Å². The molecule has 1 aliphatic heterocycles. The van der Waals surface area contributed by atoms with Gasteiger partial charge in [-0.2, -0.15) is 0 Å². The molecule has 2 aromatic carbocycles. The van der Waals surface area contributed by atoms with Crippen molar-refractivity contribution in [3.8, 4) is 11.5 Å². The molecule has 1 aliphatic carbocycles. The number of aromatic nitrogens is 2. The summed E-state index contributed by atoms with van der Waals surface area (Å²) in [7, 11) is 3.15. The molecular formula is C36H39N3O5S. The van der Waals surface area contributed by atoms with Crippen LogP contribution in [0.4, 0.5) is 0 Å². The Morgan fingerprint density at radius 2 is 1.76 bits per heavy atom. The maximum absolute atomic E-state index is 14.5. The summed E-state index contributed by atoms with van der Waals surface area (Å²) >= 11 is 1.32. The lowest BCUT2D eigenvalue weighted by Gasteiger charge is -2.27. The van der Waals surface area contributed by atoms with Crippen molar-refractivity contribution in [1.29, 1.82) is 0 Å². The third-order valence-corrected chi connectivity index (χ3v) is 9.84. The van der Waals surface area contributed by atoms with Gasteiger partial charge in [0.25, 0.3) is 5.56 Å². The van der Waals surface area contributed by atoms with Crippen LogP contribution in [0.25, 0.3) is 11.8 Å². The van der Waals surface area contributed by atoms with Crippen molar-refractivity contribution in [2.45, 2.75) is 65.0 Å². The minimum Gasteiger partial charge on any atom is -0.497 e. The first-order chi connectivity index (χ1) is 21.9. The molecule has 8 nitrogen and oxygen atoms in total. The lowest BCUT2D eigenvalue weighted by atomic mass is 9.92. The van der Waals surface area contributed by atoms with Gasteiger partial charge in [-0.1, -0.05) is 60.9 Å². The van der Waals surface area contributed by atoms with Crippen molar-refractivity contribution >= 4 is 29.1 Å². The first-order valence-corrected chi connectivity index (χ1v) is 16.4. The maximum atomic E-state index is 14.5. The second kappa shape index (κ2) is 12.9. The van der Waals surface area contributed by atoms with Crippen molar-refractivity contribution in [3.05, 3.63) is 108 Å². The zero-order valence-electron chi connectivity index (χ0n) is 26.5. The molecule has 2 aliphatic rings. The molecule has 0 unspecified atom stereocenters. The van der Waals surface area contributed by atoms with E-state index >= 15 is 0 Å². The van der Waals surface area contributed by atoms with Crippen LogP contribution in [0.2, 0.25) is 0 Å². The summed E-state index contributed by atoms with van der Waals surface area (Å²) in [6, 6.07) is 16.7. The zero-order chi connectivity index (χ0) is 31.7. The first-order valence-electron chi connectivity index (χ1n) is 15.5. The van der Waals surface area contributed by atoms with E-state index in [1.807, 2.05) is 42.5 Å². The number of fused-ring (bicyclic) bond motifs is 1. The number of carbonyl (C=O) groups is 1. The molecule has 1 saturated carbocycles. The van der Waals surface area contributed by atoms with Gasteiger partial charge in [0.15, 0.2) is 4.80 Å². The number of aryl methyl sites for hydroxylation is 1. The predicted octanol–water partition coefficient (Wildman–Crippen LogP) is 5.88. The number of carbonyl (C=O) groups excluding carboxylic acids is 1. The van der Waals surface area contributed by atoms with Crippen LogP contribution in [0.3, 0.4) is 0 Å². The van der Waals surface area contributed by atoms with Gasteiger partial charge in [-0.15, -0.1) is 0 Å². The number of benzene rings is 2. The molecule has 45 heavy (non-hydrogen) atoms. The maximum Gasteiger partial charge on any atom is 0.338 e. The van der Waals surface area contributed by atoms with Crippen molar-refractivity contribution in [3.63, 3.8) is 0 Å². The van der Waals surface area contributed by atoms with Crippen LogP contribution < -0.4 is 24.4 Å². The summed E-state index contributed by atoms with van der Waals surface area (Å²) in [4.78, 5) is 33.8. The van der Waals surface area contributed by atoms with Crippen molar-refractivity contribution in [1.82, 2.24) is 9.13 Å². The van der Waals surface area contributed by atoms with Crippen LogP contribution in [-0.2, 0) is 9.53 Å². The van der Waals surface area contributed by atoms with Gasteiger partial charge in [-0.3, -0.25) is 9.36 Å². The Morgan fingerprint density at radius 3 is 2.44 bits per heavy atom. The molecule has 0 spiro atoms. The average molecular weight is 626 g/mol. The van der Waals surface area contributed by atoms with Crippen LogP contribution in [0.1, 0.15) is 79.2 Å². The van der Waals surface area contributed by atoms with Crippen LogP contribution in [0, 0.1) is 13.8 Å². The molecule has 0 N–H and O–H groups in total. The molecule has 0 bridgehead atoms. The minimum atomic E-state index is -0.864. The number of rotatable bonds is 8. The molecule has 234 valence electrons. The quantitative estimate of drug-likeness (QED) is 0.229. The number of hydrogen-bond acceptors (Lipinski definition) is 7. The molecule has 0 radical (unpaired) electrons. The second-order valence-electron chi connectivity index (χ2n) is 11.5. The summed E-state index contributed by atoms with van der Waals surface area (Å²) in [5, 5.41) is 0. The van der Waals surface area contributed by atoms with Gasteiger partial charge in [0, 0.05) is 28.6 Å². The monoisotopic (exact) mass is 625 g/mol.